The molecule has 0 aliphatic heterocycles. The summed E-state index contributed by atoms with van der Waals surface area (Å²) in [7, 11) is -3.60. The van der Waals surface area contributed by atoms with Crippen LogP contribution in [0.25, 0.3) is 11.1 Å². The van der Waals surface area contributed by atoms with E-state index in [1.165, 1.54) is 6.39 Å². The first-order chi connectivity index (χ1) is 9.56. The Morgan fingerprint density at radius 1 is 1.15 bits per heavy atom. The molecule has 3 rings (SSSR count). The molecule has 0 bridgehead atoms. The molecule has 0 amide bonds. The summed E-state index contributed by atoms with van der Waals surface area (Å²) in [5.41, 5.74) is 2.37. The number of aromatic nitrogens is 1. The minimum Gasteiger partial charge on any atom is -0.443 e. The lowest BCUT2D eigenvalue weighted by molar-refractivity contribution is 0.600. The van der Waals surface area contributed by atoms with Crippen LogP contribution in [0.1, 0.15) is 5.56 Å². The molecule has 0 unspecified atom stereocenters. The van der Waals surface area contributed by atoms with E-state index in [1.807, 2.05) is 0 Å². The minimum atomic E-state index is -3.60. The Labute approximate surface area is 116 Å². The molecule has 0 fully saturated rings. The predicted molar refractivity (Wildman–Crippen MR) is 76.0 cm³/mol. The lowest BCUT2D eigenvalue weighted by Crippen LogP contribution is -2.14. The normalized spacial score (nSPS) is 11.7. The van der Waals surface area contributed by atoms with Crippen molar-refractivity contribution in [1.82, 2.24) is 4.98 Å². The van der Waals surface area contributed by atoms with E-state index in [0.29, 0.717) is 22.4 Å². The van der Waals surface area contributed by atoms with Crippen LogP contribution in [0.3, 0.4) is 0 Å². The third-order valence-electron chi connectivity index (χ3n) is 2.97. The minimum absolute atomic E-state index is 0.264. The SMILES string of the molecule is Cc1ccccc1S(=O)(=O)Nc1ccc2ocnc2c1. The Morgan fingerprint density at radius 3 is 2.75 bits per heavy atom. The number of nitrogens with one attached hydrogen (secondary N) is 1. The van der Waals surface area contributed by atoms with Gasteiger partial charge in [-0.1, -0.05) is 18.2 Å². The second-order valence-electron chi connectivity index (χ2n) is 4.41. The van der Waals surface area contributed by atoms with Crippen molar-refractivity contribution in [2.24, 2.45) is 0 Å². The van der Waals surface area contributed by atoms with Crippen molar-refractivity contribution in [1.29, 1.82) is 0 Å². The molecule has 3 aromatic rings. The standard InChI is InChI=1S/C14H12N2O3S/c1-10-4-2-3-5-14(10)20(17,18)16-11-6-7-13-12(8-11)15-9-19-13/h2-9,16H,1H3. The van der Waals surface area contributed by atoms with Crippen molar-refractivity contribution in [3.05, 3.63) is 54.4 Å². The summed E-state index contributed by atoms with van der Waals surface area (Å²) >= 11 is 0. The number of fused-ring (bicyclic) bond motifs is 1. The average Bonchev–Trinajstić information content (AvgIpc) is 2.86. The van der Waals surface area contributed by atoms with Gasteiger partial charge in [0.05, 0.1) is 10.6 Å². The molecule has 0 atom stereocenters. The van der Waals surface area contributed by atoms with Crippen molar-refractivity contribution < 1.29 is 12.8 Å². The molecule has 1 aromatic heterocycles. The average molecular weight is 288 g/mol. The van der Waals surface area contributed by atoms with Crippen molar-refractivity contribution in [3.8, 4) is 0 Å². The third kappa shape index (κ3) is 2.25. The molecule has 0 saturated heterocycles. The summed E-state index contributed by atoms with van der Waals surface area (Å²) in [6.45, 7) is 1.76. The zero-order valence-electron chi connectivity index (χ0n) is 10.7. The number of rotatable bonds is 3. The van der Waals surface area contributed by atoms with Gasteiger partial charge in [-0.05, 0) is 36.8 Å². The maximum absolute atomic E-state index is 12.3. The van der Waals surface area contributed by atoms with Crippen LogP contribution in [0.15, 0.2) is 58.2 Å². The van der Waals surface area contributed by atoms with E-state index < -0.39 is 10.0 Å². The number of hydrogen-bond donors (Lipinski definition) is 1. The largest absolute Gasteiger partial charge is 0.443 e. The number of aryl methyl sites for hydroxylation is 1. The summed E-state index contributed by atoms with van der Waals surface area (Å²) in [6.07, 6.45) is 1.32. The third-order valence-corrected chi connectivity index (χ3v) is 4.51. The maximum atomic E-state index is 12.3. The molecule has 1 N–H and O–H groups in total. The summed E-state index contributed by atoms with van der Waals surface area (Å²) in [5.74, 6) is 0. The van der Waals surface area contributed by atoms with Crippen molar-refractivity contribution >= 4 is 26.8 Å². The Bertz CT molecular complexity index is 869. The molecule has 0 spiro atoms. The van der Waals surface area contributed by atoms with Crippen molar-refractivity contribution in [3.63, 3.8) is 0 Å². The van der Waals surface area contributed by atoms with E-state index in [2.05, 4.69) is 9.71 Å². The molecule has 5 nitrogen and oxygen atoms in total. The molecular weight excluding hydrogens is 276 g/mol. The molecule has 1 heterocycles. The lowest BCUT2D eigenvalue weighted by atomic mass is 10.2. The number of nitrogens with zero attached hydrogens (tertiary/aromatic N) is 1. The predicted octanol–water partition coefficient (Wildman–Crippen LogP) is 2.94. The van der Waals surface area contributed by atoms with E-state index in [4.69, 9.17) is 4.42 Å². The van der Waals surface area contributed by atoms with Crippen LogP contribution in [0.5, 0.6) is 0 Å². The molecule has 2 aromatic carbocycles. The fourth-order valence-electron chi connectivity index (χ4n) is 1.99. The zero-order chi connectivity index (χ0) is 14.2. The first-order valence-corrected chi connectivity index (χ1v) is 7.46. The van der Waals surface area contributed by atoms with Crippen molar-refractivity contribution in [2.75, 3.05) is 4.72 Å². The van der Waals surface area contributed by atoms with Gasteiger partial charge in [0.15, 0.2) is 12.0 Å². The zero-order valence-corrected chi connectivity index (χ0v) is 11.5. The smallest absolute Gasteiger partial charge is 0.262 e. The second-order valence-corrected chi connectivity index (χ2v) is 6.06. The van der Waals surface area contributed by atoms with Gasteiger partial charge in [-0.2, -0.15) is 0 Å². The summed E-state index contributed by atoms with van der Waals surface area (Å²) < 4.78 is 32.3. The van der Waals surface area contributed by atoms with Crippen LogP contribution in [-0.4, -0.2) is 13.4 Å². The Kier molecular flexibility index (Phi) is 2.94. The van der Waals surface area contributed by atoms with Gasteiger partial charge >= 0.3 is 0 Å². The molecule has 0 radical (unpaired) electrons. The molecule has 20 heavy (non-hydrogen) atoms. The van der Waals surface area contributed by atoms with Crippen LogP contribution in [0, 0.1) is 6.92 Å². The van der Waals surface area contributed by atoms with E-state index in [0.717, 1.165) is 0 Å². The van der Waals surface area contributed by atoms with Crippen LogP contribution in [-0.2, 0) is 10.0 Å². The summed E-state index contributed by atoms with van der Waals surface area (Å²) in [6, 6.07) is 11.8. The number of oxazole rings is 1. The van der Waals surface area contributed by atoms with E-state index in [1.54, 1.807) is 49.4 Å². The highest BCUT2D eigenvalue weighted by molar-refractivity contribution is 7.92. The van der Waals surface area contributed by atoms with Gasteiger partial charge in [-0.25, -0.2) is 13.4 Å². The highest BCUT2D eigenvalue weighted by Gasteiger charge is 2.16. The van der Waals surface area contributed by atoms with E-state index >= 15 is 0 Å². The topological polar surface area (TPSA) is 72.2 Å². The Hall–Kier alpha value is -2.34. The Balaban J connectivity index is 1.99. The van der Waals surface area contributed by atoms with Gasteiger partial charge < -0.3 is 4.42 Å². The lowest BCUT2D eigenvalue weighted by Gasteiger charge is -2.09. The second kappa shape index (κ2) is 4.64. The molecule has 0 aliphatic carbocycles. The number of hydrogen-bond acceptors (Lipinski definition) is 4. The van der Waals surface area contributed by atoms with Crippen molar-refractivity contribution in [2.45, 2.75) is 11.8 Å². The maximum Gasteiger partial charge on any atom is 0.262 e. The quantitative estimate of drug-likeness (QED) is 0.804. The molecule has 0 aliphatic rings. The van der Waals surface area contributed by atoms with E-state index in [9.17, 15) is 8.42 Å². The number of sulfonamides is 1. The number of anilines is 1. The van der Waals surface area contributed by atoms with Crippen LogP contribution < -0.4 is 4.72 Å². The van der Waals surface area contributed by atoms with Gasteiger partial charge in [-0.15, -0.1) is 0 Å². The van der Waals surface area contributed by atoms with Gasteiger partial charge in [-0.3, -0.25) is 4.72 Å². The van der Waals surface area contributed by atoms with Crippen LogP contribution in [0.4, 0.5) is 5.69 Å². The highest BCUT2D eigenvalue weighted by Crippen LogP contribution is 2.22. The summed E-state index contributed by atoms with van der Waals surface area (Å²) in [4.78, 5) is 4.26. The first-order valence-electron chi connectivity index (χ1n) is 5.98. The fraction of sp³-hybridized carbons (Fsp3) is 0.0714. The monoisotopic (exact) mass is 288 g/mol. The van der Waals surface area contributed by atoms with Crippen LogP contribution >= 0.6 is 0 Å². The molecule has 102 valence electrons. The molecular formula is C14H12N2O3S. The van der Waals surface area contributed by atoms with Gasteiger partial charge in [0, 0.05) is 0 Å². The van der Waals surface area contributed by atoms with Crippen LogP contribution in [0.2, 0.25) is 0 Å². The van der Waals surface area contributed by atoms with Gasteiger partial charge in [0.25, 0.3) is 10.0 Å². The van der Waals surface area contributed by atoms with Gasteiger partial charge in [0.2, 0.25) is 0 Å². The first kappa shape index (κ1) is 12.7. The summed E-state index contributed by atoms with van der Waals surface area (Å²) in [5, 5.41) is 0. The Morgan fingerprint density at radius 2 is 1.95 bits per heavy atom. The fourth-order valence-corrected chi connectivity index (χ4v) is 3.29. The molecule has 0 saturated carbocycles. The van der Waals surface area contributed by atoms with Gasteiger partial charge in [0.1, 0.15) is 5.52 Å². The van der Waals surface area contributed by atoms with E-state index in [-0.39, 0.29) is 4.90 Å². The highest BCUT2D eigenvalue weighted by atomic mass is 32.2. The molecule has 6 heteroatoms. The number of benzene rings is 2.